The van der Waals surface area contributed by atoms with Gasteiger partial charge < -0.3 is 20.3 Å². The van der Waals surface area contributed by atoms with Gasteiger partial charge in [-0.15, -0.1) is 0 Å². The molecule has 1 saturated carbocycles. The Balaban J connectivity index is 1.85. The van der Waals surface area contributed by atoms with Crippen molar-refractivity contribution in [1.82, 2.24) is 15.5 Å². The molecule has 122 valence electrons. The third-order valence-electron chi connectivity index (χ3n) is 5.15. The summed E-state index contributed by atoms with van der Waals surface area (Å²) >= 11 is 0. The first-order chi connectivity index (χ1) is 10.1. The second kappa shape index (κ2) is 7.56. The van der Waals surface area contributed by atoms with E-state index >= 15 is 0 Å². The maximum absolute atomic E-state index is 12.5. The number of nitrogens with zero attached hydrogens (tertiary/aromatic N) is 1. The Morgan fingerprint density at radius 3 is 2.62 bits per heavy atom. The van der Waals surface area contributed by atoms with E-state index in [1.807, 2.05) is 0 Å². The number of hydrogen-bond donors (Lipinski definition) is 2. The molecule has 5 nitrogen and oxygen atoms in total. The van der Waals surface area contributed by atoms with Gasteiger partial charge >= 0.3 is 0 Å². The summed E-state index contributed by atoms with van der Waals surface area (Å²) in [6.45, 7) is 5.03. The highest BCUT2D eigenvalue weighted by molar-refractivity contribution is 5.80. The zero-order valence-electron chi connectivity index (χ0n) is 13.8. The highest BCUT2D eigenvalue weighted by atomic mass is 16.5. The predicted octanol–water partition coefficient (Wildman–Crippen LogP) is 0.992. The summed E-state index contributed by atoms with van der Waals surface area (Å²) in [4.78, 5) is 14.8. The van der Waals surface area contributed by atoms with Crippen LogP contribution in [0.4, 0.5) is 0 Å². The number of likely N-dealkylation sites (N-methyl/N-ethyl adjacent to an activating group) is 1. The van der Waals surface area contributed by atoms with Crippen LogP contribution in [-0.2, 0) is 9.53 Å². The van der Waals surface area contributed by atoms with Gasteiger partial charge in [-0.1, -0.05) is 19.8 Å². The van der Waals surface area contributed by atoms with Gasteiger partial charge in [0, 0.05) is 18.1 Å². The second-order valence-corrected chi connectivity index (χ2v) is 6.75. The maximum atomic E-state index is 12.5. The Morgan fingerprint density at radius 1 is 1.29 bits per heavy atom. The average Bonchev–Trinajstić information content (AvgIpc) is 3.12. The molecular weight excluding hydrogens is 266 g/mol. The van der Waals surface area contributed by atoms with Crippen molar-refractivity contribution in [3.63, 3.8) is 0 Å². The highest BCUT2D eigenvalue weighted by Crippen LogP contribution is 2.33. The smallest absolute Gasteiger partial charge is 0.227 e. The Labute approximate surface area is 128 Å². The SMILES string of the molecule is CCCNC1COCC1C(=O)NCC1(N(C)C)CCCC1. The first-order valence-electron chi connectivity index (χ1n) is 8.35. The molecule has 1 amide bonds. The van der Waals surface area contributed by atoms with Crippen LogP contribution in [0.2, 0.25) is 0 Å². The van der Waals surface area contributed by atoms with Crippen molar-refractivity contribution in [3.8, 4) is 0 Å². The predicted molar refractivity (Wildman–Crippen MR) is 84.3 cm³/mol. The number of nitrogens with one attached hydrogen (secondary N) is 2. The molecule has 0 aromatic heterocycles. The summed E-state index contributed by atoms with van der Waals surface area (Å²) in [7, 11) is 4.25. The van der Waals surface area contributed by atoms with E-state index in [1.54, 1.807) is 0 Å². The van der Waals surface area contributed by atoms with Crippen molar-refractivity contribution in [2.75, 3.05) is 40.4 Å². The Hall–Kier alpha value is -0.650. The molecule has 0 bridgehead atoms. The zero-order chi connectivity index (χ0) is 15.3. The van der Waals surface area contributed by atoms with Crippen LogP contribution in [0.3, 0.4) is 0 Å². The first-order valence-corrected chi connectivity index (χ1v) is 8.35. The van der Waals surface area contributed by atoms with Crippen LogP contribution < -0.4 is 10.6 Å². The number of hydrogen-bond acceptors (Lipinski definition) is 4. The van der Waals surface area contributed by atoms with Crippen LogP contribution >= 0.6 is 0 Å². The van der Waals surface area contributed by atoms with E-state index in [1.165, 1.54) is 25.7 Å². The minimum atomic E-state index is -0.0443. The van der Waals surface area contributed by atoms with Crippen molar-refractivity contribution in [1.29, 1.82) is 0 Å². The average molecular weight is 297 g/mol. The van der Waals surface area contributed by atoms with Gasteiger partial charge in [0.15, 0.2) is 0 Å². The molecule has 1 aliphatic heterocycles. The Bertz CT molecular complexity index is 340. The summed E-state index contributed by atoms with van der Waals surface area (Å²) in [6, 6.07) is 0.170. The largest absolute Gasteiger partial charge is 0.379 e. The van der Waals surface area contributed by atoms with Crippen molar-refractivity contribution in [2.24, 2.45) is 5.92 Å². The molecule has 1 heterocycles. The molecule has 21 heavy (non-hydrogen) atoms. The lowest BCUT2D eigenvalue weighted by Gasteiger charge is -2.37. The number of ether oxygens (including phenoxy) is 1. The monoisotopic (exact) mass is 297 g/mol. The molecule has 2 unspecified atom stereocenters. The van der Waals surface area contributed by atoms with Crippen LogP contribution in [0.1, 0.15) is 39.0 Å². The topological polar surface area (TPSA) is 53.6 Å². The summed E-state index contributed by atoms with van der Waals surface area (Å²) in [5.74, 6) is 0.103. The molecule has 5 heteroatoms. The molecule has 2 aliphatic rings. The van der Waals surface area contributed by atoms with E-state index in [0.29, 0.717) is 13.2 Å². The molecule has 0 aromatic rings. The molecule has 0 radical (unpaired) electrons. The fraction of sp³-hybridized carbons (Fsp3) is 0.938. The molecule has 2 N–H and O–H groups in total. The van der Waals surface area contributed by atoms with Crippen molar-refractivity contribution in [2.45, 2.75) is 50.6 Å². The third kappa shape index (κ3) is 3.96. The fourth-order valence-corrected chi connectivity index (χ4v) is 3.54. The van der Waals surface area contributed by atoms with E-state index in [2.05, 4.69) is 36.6 Å². The maximum Gasteiger partial charge on any atom is 0.227 e. The second-order valence-electron chi connectivity index (χ2n) is 6.75. The first kappa shape index (κ1) is 16.7. The number of carbonyl (C=O) groups is 1. The van der Waals surface area contributed by atoms with Crippen LogP contribution in [0.5, 0.6) is 0 Å². The lowest BCUT2D eigenvalue weighted by Crippen LogP contribution is -2.53. The molecule has 2 atom stereocenters. The van der Waals surface area contributed by atoms with E-state index in [9.17, 15) is 4.79 Å². The normalized spacial score (nSPS) is 28.2. The Kier molecular flexibility index (Phi) is 6.02. The lowest BCUT2D eigenvalue weighted by molar-refractivity contribution is -0.126. The van der Waals surface area contributed by atoms with E-state index < -0.39 is 0 Å². The number of amides is 1. The van der Waals surface area contributed by atoms with Crippen LogP contribution in [0, 0.1) is 5.92 Å². The van der Waals surface area contributed by atoms with Crippen LogP contribution in [-0.4, -0.2) is 62.8 Å². The summed E-state index contributed by atoms with van der Waals surface area (Å²) in [5, 5.41) is 6.62. The summed E-state index contributed by atoms with van der Waals surface area (Å²) in [5.41, 5.74) is 0.154. The zero-order valence-corrected chi connectivity index (χ0v) is 13.8. The van der Waals surface area contributed by atoms with Gasteiger partial charge in [-0.05, 0) is 39.9 Å². The van der Waals surface area contributed by atoms with Crippen molar-refractivity contribution >= 4 is 5.91 Å². The molecule has 2 rings (SSSR count). The molecule has 0 spiro atoms. The van der Waals surface area contributed by atoms with E-state index in [0.717, 1.165) is 19.5 Å². The summed E-state index contributed by atoms with van der Waals surface area (Å²) in [6.07, 6.45) is 5.97. The Morgan fingerprint density at radius 2 is 2.00 bits per heavy atom. The van der Waals surface area contributed by atoms with Gasteiger partial charge in [0.2, 0.25) is 5.91 Å². The fourth-order valence-electron chi connectivity index (χ4n) is 3.54. The quantitative estimate of drug-likeness (QED) is 0.736. The van der Waals surface area contributed by atoms with Gasteiger partial charge in [-0.2, -0.15) is 0 Å². The van der Waals surface area contributed by atoms with Gasteiger partial charge in [0.05, 0.1) is 19.1 Å². The lowest BCUT2D eigenvalue weighted by atomic mass is 9.95. The van der Waals surface area contributed by atoms with E-state index in [4.69, 9.17) is 4.74 Å². The molecule has 1 aliphatic carbocycles. The third-order valence-corrected chi connectivity index (χ3v) is 5.15. The standard InChI is InChI=1S/C16H31N3O2/c1-4-9-17-14-11-21-10-13(14)15(20)18-12-16(19(2)3)7-5-6-8-16/h13-14,17H,4-12H2,1-3H3,(H,18,20). The van der Waals surface area contributed by atoms with Gasteiger partial charge in [0.25, 0.3) is 0 Å². The molecule has 2 fully saturated rings. The van der Waals surface area contributed by atoms with E-state index in [-0.39, 0.29) is 23.4 Å². The number of carbonyl (C=O) groups excluding carboxylic acids is 1. The molecular formula is C16H31N3O2. The minimum absolute atomic E-state index is 0.0443. The van der Waals surface area contributed by atoms with Gasteiger partial charge in [0.1, 0.15) is 0 Å². The molecule has 0 aromatic carbocycles. The van der Waals surface area contributed by atoms with Crippen LogP contribution in [0.25, 0.3) is 0 Å². The van der Waals surface area contributed by atoms with Crippen molar-refractivity contribution < 1.29 is 9.53 Å². The summed E-state index contributed by atoms with van der Waals surface area (Å²) < 4.78 is 5.50. The molecule has 1 saturated heterocycles. The highest BCUT2D eigenvalue weighted by Gasteiger charge is 2.38. The van der Waals surface area contributed by atoms with Gasteiger partial charge in [-0.25, -0.2) is 0 Å². The number of rotatable bonds is 7. The van der Waals surface area contributed by atoms with Gasteiger partial charge in [-0.3, -0.25) is 4.79 Å². The minimum Gasteiger partial charge on any atom is -0.379 e. The van der Waals surface area contributed by atoms with Crippen molar-refractivity contribution in [3.05, 3.63) is 0 Å². The van der Waals surface area contributed by atoms with Crippen LogP contribution in [0.15, 0.2) is 0 Å².